The zero-order chi connectivity index (χ0) is 25.6. The lowest BCUT2D eigenvalue weighted by Gasteiger charge is -2.20. The van der Waals surface area contributed by atoms with Gasteiger partial charge in [-0.05, 0) is 55.7 Å². The van der Waals surface area contributed by atoms with Gasteiger partial charge in [0, 0.05) is 23.3 Å². The molecule has 35 heavy (non-hydrogen) atoms. The van der Waals surface area contributed by atoms with Crippen LogP contribution in [0.3, 0.4) is 0 Å². The van der Waals surface area contributed by atoms with Gasteiger partial charge in [0.25, 0.3) is 5.91 Å². The van der Waals surface area contributed by atoms with Crippen molar-refractivity contribution >= 4 is 29.2 Å². The normalized spacial score (nSPS) is 14.2. The van der Waals surface area contributed by atoms with Crippen molar-refractivity contribution in [3.8, 4) is 0 Å². The van der Waals surface area contributed by atoms with E-state index in [-0.39, 0.29) is 11.9 Å². The zero-order valence-electron chi connectivity index (χ0n) is 20.2. The molecular formula is C27H31ClN6O. The highest BCUT2D eigenvalue weighted by molar-refractivity contribution is 6.30. The molecule has 0 aliphatic rings. The number of aromatic nitrogens is 1. The molecule has 3 aromatic rings. The molecule has 2 aromatic carbocycles. The lowest BCUT2D eigenvalue weighted by atomic mass is 9.99. The van der Waals surface area contributed by atoms with Crippen LogP contribution in [0, 0.1) is 0 Å². The van der Waals surface area contributed by atoms with Gasteiger partial charge < -0.3 is 21.5 Å². The van der Waals surface area contributed by atoms with E-state index in [4.69, 9.17) is 23.2 Å². The number of nitrogens with two attached hydrogens (primary N) is 2. The molecule has 0 saturated heterocycles. The number of nitrogens with one attached hydrogen (secondary N) is 1. The van der Waals surface area contributed by atoms with E-state index in [2.05, 4.69) is 22.2 Å². The van der Waals surface area contributed by atoms with Crippen molar-refractivity contribution in [3.63, 3.8) is 0 Å². The monoisotopic (exact) mass is 490 g/mol. The maximum atomic E-state index is 13.2. The Morgan fingerprint density at radius 3 is 2.46 bits per heavy atom. The summed E-state index contributed by atoms with van der Waals surface area (Å²) in [6.45, 7) is 10.3. The van der Waals surface area contributed by atoms with Gasteiger partial charge in [-0.15, -0.1) is 5.11 Å². The lowest BCUT2D eigenvalue weighted by Crippen LogP contribution is -2.31. The Labute approximate surface area is 211 Å². The Kier molecular flexibility index (Phi) is 8.27. The van der Waals surface area contributed by atoms with Crippen LogP contribution in [0.1, 0.15) is 54.8 Å². The molecule has 0 aliphatic carbocycles. The Morgan fingerprint density at radius 2 is 1.86 bits per heavy atom. The largest absolute Gasteiger partial charge is 0.345 e. The molecule has 1 amide bonds. The highest BCUT2D eigenvalue weighted by atomic mass is 35.5. The number of halogens is 1. The smallest absolute Gasteiger partial charge is 0.253 e. The van der Waals surface area contributed by atoms with E-state index in [1.54, 1.807) is 6.92 Å². The van der Waals surface area contributed by atoms with Crippen LogP contribution in [0.5, 0.6) is 0 Å². The predicted octanol–water partition coefficient (Wildman–Crippen LogP) is 5.57. The summed E-state index contributed by atoms with van der Waals surface area (Å²) in [4.78, 5) is 13.2. The highest BCUT2D eigenvalue weighted by Crippen LogP contribution is 2.25. The van der Waals surface area contributed by atoms with Gasteiger partial charge in [-0.1, -0.05) is 72.0 Å². The molecule has 0 aliphatic heterocycles. The first-order valence-corrected chi connectivity index (χ1v) is 11.6. The fourth-order valence-electron chi connectivity index (χ4n) is 3.83. The number of nitrogens with zero attached hydrogens (tertiary/aromatic N) is 3. The van der Waals surface area contributed by atoms with Gasteiger partial charge in [-0.25, -0.2) is 0 Å². The molecule has 7 nitrogen and oxygen atoms in total. The van der Waals surface area contributed by atoms with Gasteiger partial charge in [0.05, 0.1) is 17.3 Å². The molecule has 5 N–H and O–H groups in total. The lowest BCUT2D eigenvalue weighted by molar-refractivity contribution is -0.116. The van der Waals surface area contributed by atoms with Crippen molar-refractivity contribution in [1.82, 2.24) is 9.88 Å². The highest BCUT2D eigenvalue weighted by Gasteiger charge is 2.22. The average molecular weight is 491 g/mol. The summed E-state index contributed by atoms with van der Waals surface area (Å²) in [7, 11) is 0. The van der Waals surface area contributed by atoms with Crippen LogP contribution in [0.4, 0.5) is 0 Å². The summed E-state index contributed by atoms with van der Waals surface area (Å²) < 4.78 is 2.02. The van der Waals surface area contributed by atoms with Crippen LogP contribution in [0.2, 0.25) is 5.02 Å². The minimum atomic E-state index is -1.02. The Balaban J connectivity index is 1.79. The number of hydrogen-bond acceptors (Lipinski definition) is 4. The van der Waals surface area contributed by atoms with E-state index >= 15 is 0 Å². The third-order valence-corrected chi connectivity index (χ3v) is 6.03. The first-order valence-electron chi connectivity index (χ1n) is 11.2. The van der Waals surface area contributed by atoms with Crippen molar-refractivity contribution in [2.75, 3.05) is 0 Å². The van der Waals surface area contributed by atoms with E-state index in [0.717, 1.165) is 27.9 Å². The second-order valence-electron chi connectivity index (χ2n) is 8.53. The number of hydrogen-bond donors (Lipinski definition) is 3. The van der Waals surface area contributed by atoms with Crippen LogP contribution < -0.4 is 16.9 Å². The van der Waals surface area contributed by atoms with Crippen LogP contribution in [-0.4, -0.2) is 10.5 Å². The Hall–Kier alpha value is -3.68. The Bertz CT molecular complexity index is 1240. The molecule has 1 heterocycles. The van der Waals surface area contributed by atoms with Crippen LogP contribution in [0.15, 0.2) is 83.8 Å². The van der Waals surface area contributed by atoms with E-state index in [9.17, 15) is 4.79 Å². The second kappa shape index (κ2) is 11.2. The van der Waals surface area contributed by atoms with Gasteiger partial charge in [0.15, 0.2) is 5.66 Å². The van der Waals surface area contributed by atoms with Gasteiger partial charge in [-0.2, -0.15) is 0 Å². The third-order valence-electron chi connectivity index (χ3n) is 5.78. The van der Waals surface area contributed by atoms with E-state index in [1.165, 1.54) is 0 Å². The summed E-state index contributed by atoms with van der Waals surface area (Å²) in [5.74, 6) is 4.91. The molecule has 182 valence electrons. The molecule has 0 spiro atoms. The van der Waals surface area contributed by atoms with Gasteiger partial charge >= 0.3 is 0 Å². The van der Waals surface area contributed by atoms with Crippen molar-refractivity contribution in [3.05, 3.63) is 106 Å². The van der Waals surface area contributed by atoms with Crippen molar-refractivity contribution in [2.24, 2.45) is 21.9 Å². The summed E-state index contributed by atoms with van der Waals surface area (Å²) in [6.07, 6.45) is 5.87. The van der Waals surface area contributed by atoms with Crippen LogP contribution >= 0.6 is 11.6 Å². The van der Waals surface area contributed by atoms with Crippen molar-refractivity contribution < 1.29 is 4.79 Å². The summed E-state index contributed by atoms with van der Waals surface area (Å²) >= 11 is 6.02. The fourth-order valence-corrected chi connectivity index (χ4v) is 3.96. The molecule has 8 heteroatoms. The minimum absolute atomic E-state index is 0.246. The van der Waals surface area contributed by atoms with E-state index in [0.29, 0.717) is 17.1 Å². The van der Waals surface area contributed by atoms with E-state index < -0.39 is 5.66 Å². The summed E-state index contributed by atoms with van der Waals surface area (Å²) in [6, 6.07) is 16.9. The number of amides is 1. The number of allylic oxidation sites excluding steroid dienone is 1. The molecule has 1 unspecified atom stereocenters. The second-order valence-corrected chi connectivity index (χ2v) is 8.97. The van der Waals surface area contributed by atoms with Crippen molar-refractivity contribution in [1.29, 1.82) is 0 Å². The first kappa shape index (κ1) is 25.9. The fraction of sp³-hybridized carbons (Fsp3) is 0.222. The first-order chi connectivity index (χ1) is 16.7. The van der Waals surface area contributed by atoms with Gasteiger partial charge in [0.2, 0.25) is 0 Å². The predicted molar refractivity (Wildman–Crippen MR) is 142 cm³/mol. The maximum Gasteiger partial charge on any atom is 0.253 e. The molecule has 0 fully saturated rings. The van der Waals surface area contributed by atoms with Gasteiger partial charge in [-0.3, -0.25) is 4.79 Å². The number of carbonyl (C=O) groups is 1. The van der Waals surface area contributed by atoms with Gasteiger partial charge in [0.1, 0.15) is 0 Å². The topological polar surface area (TPSA) is 111 Å². The molecule has 3 rings (SSSR count). The summed E-state index contributed by atoms with van der Waals surface area (Å²) in [5, 5.41) is 10.9. The van der Waals surface area contributed by atoms with Crippen LogP contribution in [0.25, 0.3) is 11.6 Å². The molecule has 1 aromatic heterocycles. The third kappa shape index (κ3) is 6.26. The maximum absolute atomic E-state index is 13.2. The Morgan fingerprint density at radius 1 is 1.20 bits per heavy atom. The van der Waals surface area contributed by atoms with E-state index in [1.807, 2.05) is 91.4 Å². The van der Waals surface area contributed by atoms with Crippen molar-refractivity contribution in [2.45, 2.75) is 39.0 Å². The number of benzene rings is 2. The molecule has 0 bridgehead atoms. The molecular weight excluding hydrogens is 460 g/mol. The zero-order valence-corrected chi connectivity index (χ0v) is 21.0. The summed E-state index contributed by atoms with van der Waals surface area (Å²) in [5.41, 5.74) is 9.93. The number of rotatable bonds is 9. The molecule has 0 radical (unpaired) electrons. The molecule has 0 saturated carbocycles. The average Bonchev–Trinajstić information content (AvgIpc) is 3.22. The number of carbonyl (C=O) groups excluding carboxylic acids is 1. The quantitative estimate of drug-likeness (QED) is 0.158. The molecule has 2 atom stereocenters. The van der Waals surface area contributed by atoms with Crippen LogP contribution in [-0.2, 0) is 17.0 Å². The SMILES string of the molecule is C=C(C(=O)N[C@@H](C)c1ccc(C(C)(N)N=NN)cc1)c1c(/C=C\C)ccn1Cc1ccc(Cl)cc1. The standard InChI is InChI=1S/C27H31ClN6O/c1-5-6-22-15-16-34(17-20-7-13-24(28)14-8-20)25(22)18(2)26(35)31-19(3)21-9-11-23(12-10-21)27(4,29)32-33-30/h5-16,19H,2,17,29H2,1,3-4H3,(H2,30,32)(H,31,35)/b6-5-/t19-,27?/m0/s1. The minimum Gasteiger partial charge on any atom is -0.345 e.